The number of hydrogen-bond donors (Lipinski definition) is 0. The number of rotatable bonds is 5. The van der Waals surface area contributed by atoms with Crippen LogP contribution >= 0.6 is 0 Å². The van der Waals surface area contributed by atoms with E-state index in [1.165, 1.54) is 15.4 Å². The van der Waals surface area contributed by atoms with Crippen molar-refractivity contribution in [2.24, 2.45) is 0 Å². The Hall–Kier alpha value is -2.34. The summed E-state index contributed by atoms with van der Waals surface area (Å²) in [5.74, 6) is -0.203. The smallest absolute Gasteiger partial charge is 0.243 e. The number of hydrogen-bond acceptors (Lipinski definition) is 3. The Morgan fingerprint density at radius 3 is 2.48 bits per heavy atom. The molecular weight excluding hydrogens is 360 g/mol. The number of amides is 1. The highest BCUT2D eigenvalue weighted by Crippen LogP contribution is 2.33. The molecule has 1 aliphatic rings. The number of likely N-dealkylation sites (N-methyl/N-ethyl adjacent to an activating group) is 1. The molecule has 0 aromatic heterocycles. The van der Waals surface area contributed by atoms with Crippen LogP contribution in [0.3, 0.4) is 0 Å². The van der Waals surface area contributed by atoms with E-state index in [1.54, 1.807) is 24.1 Å². The average Bonchev–Trinajstić information content (AvgIpc) is 2.64. The summed E-state index contributed by atoms with van der Waals surface area (Å²) in [5.41, 5.74) is 3.81. The van der Waals surface area contributed by atoms with Gasteiger partial charge in [0.25, 0.3) is 0 Å². The molecule has 2 aromatic carbocycles. The monoisotopic (exact) mass is 386 g/mol. The molecule has 5 nitrogen and oxygen atoms in total. The van der Waals surface area contributed by atoms with Crippen molar-refractivity contribution in [1.82, 2.24) is 4.90 Å². The minimum atomic E-state index is -3.57. The summed E-state index contributed by atoms with van der Waals surface area (Å²) in [6.07, 6.45) is 4.07. The van der Waals surface area contributed by atoms with E-state index in [9.17, 15) is 13.2 Å². The van der Waals surface area contributed by atoms with Gasteiger partial charge in [-0.05, 0) is 48.9 Å². The van der Waals surface area contributed by atoms with Gasteiger partial charge in [0.15, 0.2) is 0 Å². The van der Waals surface area contributed by atoms with Gasteiger partial charge in [0.05, 0.1) is 18.0 Å². The fourth-order valence-electron chi connectivity index (χ4n) is 3.76. The summed E-state index contributed by atoms with van der Waals surface area (Å²) in [7, 11) is -1.80. The summed E-state index contributed by atoms with van der Waals surface area (Å²) in [5, 5.41) is 0. The molecule has 1 aliphatic carbocycles. The average molecular weight is 387 g/mol. The largest absolute Gasteiger partial charge is 0.337 e. The Kier molecular flexibility index (Phi) is 5.56. The molecule has 3 rings (SSSR count). The zero-order valence-electron chi connectivity index (χ0n) is 16.1. The maximum Gasteiger partial charge on any atom is 0.243 e. The first-order valence-electron chi connectivity index (χ1n) is 9.16. The lowest BCUT2D eigenvalue weighted by atomic mass is 9.87. The molecule has 0 spiro atoms. The highest BCUT2D eigenvalue weighted by Gasteiger charge is 2.29. The molecule has 0 radical (unpaired) electrons. The van der Waals surface area contributed by atoms with Gasteiger partial charge in [-0.2, -0.15) is 0 Å². The van der Waals surface area contributed by atoms with Gasteiger partial charge < -0.3 is 4.90 Å². The zero-order chi connectivity index (χ0) is 19.6. The third kappa shape index (κ3) is 4.16. The fourth-order valence-corrected chi connectivity index (χ4v) is 4.67. The second-order valence-corrected chi connectivity index (χ2v) is 9.07. The van der Waals surface area contributed by atoms with E-state index in [-0.39, 0.29) is 18.5 Å². The van der Waals surface area contributed by atoms with Crippen molar-refractivity contribution in [3.63, 3.8) is 0 Å². The van der Waals surface area contributed by atoms with Crippen LogP contribution in [0.1, 0.15) is 35.6 Å². The minimum Gasteiger partial charge on any atom is -0.337 e. The lowest BCUT2D eigenvalue weighted by molar-refractivity contribution is -0.130. The SMILES string of the molecule is Cc1ccccc1N(CC(=O)N(C)C1CCCc2ccccc21)S(C)(=O)=O. The molecule has 144 valence electrons. The van der Waals surface area contributed by atoms with Crippen LogP contribution in [0.5, 0.6) is 0 Å². The molecule has 2 aromatic rings. The number of carbonyl (C=O) groups is 1. The molecule has 0 N–H and O–H groups in total. The van der Waals surface area contributed by atoms with Crippen LogP contribution in [-0.4, -0.2) is 39.1 Å². The first kappa shape index (κ1) is 19.4. The van der Waals surface area contributed by atoms with Crippen molar-refractivity contribution < 1.29 is 13.2 Å². The van der Waals surface area contributed by atoms with Crippen molar-refractivity contribution >= 4 is 21.6 Å². The van der Waals surface area contributed by atoms with Crippen molar-refractivity contribution in [3.8, 4) is 0 Å². The summed E-state index contributed by atoms with van der Waals surface area (Å²) in [4.78, 5) is 14.7. The summed E-state index contributed by atoms with van der Waals surface area (Å²) in [6.45, 7) is 1.65. The fraction of sp³-hybridized carbons (Fsp3) is 0.381. The van der Waals surface area contributed by atoms with E-state index in [4.69, 9.17) is 0 Å². The number of sulfonamides is 1. The molecule has 0 bridgehead atoms. The highest BCUT2D eigenvalue weighted by atomic mass is 32.2. The number of nitrogens with zero attached hydrogens (tertiary/aromatic N) is 2. The molecule has 1 amide bonds. The van der Waals surface area contributed by atoms with E-state index in [1.807, 2.05) is 31.2 Å². The summed E-state index contributed by atoms with van der Waals surface area (Å²) >= 11 is 0. The van der Waals surface area contributed by atoms with Crippen LogP contribution in [0.2, 0.25) is 0 Å². The van der Waals surface area contributed by atoms with Gasteiger partial charge in [-0.1, -0.05) is 42.5 Å². The maximum atomic E-state index is 13.0. The normalized spacial score (nSPS) is 16.5. The summed E-state index contributed by atoms with van der Waals surface area (Å²) < 4.78 is 25.9. The molecule has 0 saturated carbocycles. The standard InChI is InChI=1S/C21H26N2O3S/c1-16-9-4-7-13-19(16)23(27(3,25)26)15-21(24)22(2)20-14-8-11-17-10-5-6-12-18(17)20/h4-7,9-10,12-13,20H,8,11,14-15H2,1-3H3. The number of benzene rings is 2. The molecule has 0 heterocycles. The predicted molar refractivity (Wildman–Crippen MR) is 108 cm³/mol. The van der Waals surface area contributed by atoms with Gasteiger partial charge in [-0.3, -0.25) is 9.10 Å². The Morgan fingerprint density at radius 1 is 1.11 bits per heavy atom. The van der Waals surface area contributed by atoms with Crippen LogP contribution in [0.25, 0.3) is 0 Å². The van der Waals surface area contributed by atoms with Crippen molar-refractivity contribution in [3.05, 3.63) is 65.2 Å². The van der Waals surface area contributed by atoms with E-state index in [0.717, 1.165) is 31.1 Å². The third-order valence-electron chi connectivity index (χ3n) is 5.26. The second kappa shape index (κ2) is 7.72. The third-order valence-corrected chi connectivity index (χ3v) is 6.39. The first-order valence-corrected chi connectivity index (χ1v) is 11.0. The van der Waals surface area contributed by atoms with Gasteiger partial charge in [-0.15, -0.1) is 0 Å². The van der Waals surface area contributed by atoms with Crippen molar-refractivity contribution in [2.75, 3.05) is 24.2 Å². The molecular formula is C21H26N2O3S. The summed E-state index contributed by atoms with van der Waals surface area (Å²) in [6, 6.07) is 15.4. The molecule has 0 aliphatic heterocycles. The maximum absolute atomic E-state index is 13.0. The lowest BCUT2D eigenvalue weighted by Crippen LogP contribution is -2.43. The Balaban J connectivity index is 1.86. The number of para-hydroxylation sites is 1. The van der Waals surface area contributed by atoms with Gasteiger partial charge in [0.1, 0.15) is 6.54 Å². The minimum absolute atomic E-state index is 0.0132. The molecule has 0 fully saturated rings. The highest BCUT2D eigenvalue weighted by molar-refractivity contribution is 7.92. The molecule has 27 heavy (non-hydrogen) atoms. The lowest BCUT2D eigenvalue weighted by Gasteiger charge is -2.35. The number of aryl methyl sites for hydroxylation is 2. The topological polar surface area (TPSA) is 57.7 Å². The molecule has 0 saturated heterocycles. The number of anilines is 1. The molecule has 6 heteroatoms. The van der Waals surface area contributed by atoms with E-state index < -0.39 is 10.0 Å². The van der Waals surface area contributed by atoms with E-state index in [0.29, 0.717) is 5.69 Å². The first-order chi connectivity index (χ1) is 12.8. The van der Waals surface area contributed by atoms with Crippen LogP contribution in [0, 0.1) is 6.92 Å². The van der Waals surface area contributed by atoms with Gasteiger partial charge in [0.2, 0.25) is 15.9 Å². The second-order valence-electron chi connectivity index (χ2n) is 7.17. The Bertz CT molecular complexity index is 940. The van der Waals surface area contributed by atoms with Crippen LogP contribution in [-0.2, 0) is 21.2 Å². The Morgan fingerprint density at radius 2 is 1.78 bits per heavy atom. The Labute approximate surface area is 161 Å². The number of carbonyl (C=O) groups excluding carboxylic acids is 1. The van der Waals surface area contributed by atoms with Crippen molar-refractivity contribution in [1.29, 1.82) is 0 Å². The van der Waals surface area contributed by atoms with Crippen LogP contribution < -0.4 is 4.31 Å². The number of fused-ring (bicyclic) bond motifs is 1. The van der Waals surface area contributed by atoms with Crippen molar-refractivity contribution in [2.45, 2.75) is 32.2 Å². The molecule has 1 atom stereocenters. The van der Waals surface area contributed by atoms with Gasteiger partial charge in [-0.25, -0.2) is 8.42 Å². The quantitative estimate of drug-likeness (QED) is 0.792. The van der Waals surface area contributed by atoms with Gasteiger partial charge >= 0.3 is 0 Å². The van der Waals surface area contributed by atoms with Crippen LogP contribution in [0.15, 0.2) is 48.5 Å². The van der Waals surface area contributed by atoms with E-state index >= 15 is 0 Å². The van der Waals surface area contributed by atoms with Crippen LogP contribution in [0.4, 0.5) is 5.69 Å². The van der Waals surface area contributed by atoms with E-state index in [2.05, 4.69) is 12.1 Å². The zero-order valence-corrected chi connectivity index (χ0v) is 16.9. The van der Waals surface area contributed by atoms with Gasteiger partial charge in [0, 0.05) is 7.05 Å². The predicted octanol–water partition coefficient (Wildman–Crippen LogP) is 3.30. The molecule has 1 unspecified atom stereocenters.